The highest BCUT2D eigenvalue weighted by Gasteiger charge is 2.28. The van der Waals surface area contributed by atoms with Crippen molar-refractivity contribution < 1.29 is 19.1 Å². The van der Waals surface area contributed by atoms with Crippen molar-refractivity contribution in [1.82, 2.24) is 10.2 Å². The first-order valence-electron chi connectivity index (χ1n) is 6.74. The predicted molar refractivity (Wildman–Crippen MR) is 71.0 cm³/mol. The number of nitrogens with one attached hydrogen (secondary N) is 1. The number of hydrogen-bond acceptors (Lipinski definition) is 4. The third-order valence-corrected chi connectivity index (χ3v) is 2.69. The first-order valence-corrected chi connectivity index (χ1v) is 6.74. The third-order valence-electron chi connectivity index (χ3n) is 2.69. The number of ether oxygens (including phenoxy) is 2. The van der Waals surface area contributed by atoms with Crippen LogP contribution in [0.15, 0.2) is 0 Å². The van der Waals surface area contributed by atoms with E-state index in [-0.39, 0.29) is 12.2 Å². The van der Waals surface area contributed by atoms with Gasteiger partial charge in [0.25, 0.3) is 0 Å². The van der Waals surface area contributed by atoms with Crippen LogP contribution in [0, 0.1) is 0 Å². The molecular formula is C13H24N2O4. The van der Waals surface area contributed by atoms with Crippen LogP contribution in [0.1, 0.15) is 40.5 Å². The molecule has 2 amide bonds. The summed E-state index contributed by atoms with van der Waals surface area (Å²) >= 11 is 0. The molecule has 6 nitrogen and oxygen atoms in total. The van der Waals surface area contributed by atoms with E-state index < -0.39 is 11.7 Å². The van der Waals surface area contributed by atoms with Crippen molar-refractivity contribution in [3.63, 3.8) is 0 Å². The molecule has 1 rings (SSSR count). The summed E-state index contributed by atoms with van der Waals surface area (Å²) in [7, 11) is 0. The van der Waals surface area contributed by atoms with Crippen LogP contribution in [-0.4, -0.2) is 48.4 Å². The third kappa shape index (κ3) is 5.81. The number of carbonyl (C=O) groups excluding carboxylic acids is 2. The average Bonchev–Trinajstić information content (AvgIpc) is 2.27. The lowest BCUT2D eigenvalue weighted by molar-refractivity contribution is 0.00655. The Labute approximate surface area is 114 Å². The normalized spacial score (nSPS) is 16.9. The van der Waals surface area contributed by atoms with Gasteiger partial charge in [0.2, 0.25) is 0 Å². The van der Waals surface area contributed by atoms with E-state index in [0.29, 0.717) is 32.5 Å². The lowest BCUT2D eigenvalue weighted by Gasteiger charge is -2.33. The van der Waals surface area contributed by atoms with E-state index in [1.165, 1.54) is 0 Å². The molecule has 0 aromatic carbocycles. The lowest BCUT2D eigenvalue weighted by Crippen LogP contribution is -2.44. The molecule has 0 saturated carbocycles. The minimum atomic E-state index is -0.481. The molecule has 0 radical (unpaired) electrons. The lowest BCUT2D eigenvalue weighted by atomic mass is 10.1. The second-order valence-electron chi connectivity index (χ2n) is 5.60. The quantitative estimate of drug-likeness (QED) is 0.836. The van der Waals surface area contributed by atoms with Gasteiger partial charge >= 0.3 is 12.2 Å². The molecule has 1 N–H and O–H groups in total. The molecule has 0 bridgehead atoms. The monoisotopic (exact) mass is 272 g/mol. The van der Waals surface area contributed by atoms with Gasteiger partial charge in [-0.1, -0.05) is 0 Å². The molecule has 0 aromatic heterocycles. The van der Waals surface area contributed by atoms with Gasteiger partial charge in [-0.15, -0.1) is 0 Å². The van der Waals surface area contributed by atoms with Crippen molar-refractivity contribution in [3.05, 3.63) is 0 Å². The SMILES string of the molecule is CCNC(=O)OC1CCN(C(=O)OC(C)(C)C)CC1. The summed E-state index contributed by atoms with van der Waals surface area (Å²) in [6.07, 6.45) is 0.486. The van der Waals surface area contributed by atoms with E-state index in [1.54, 1.807) is 4.90 Å². The number of likely N-dealkylation sites (tertiary alicyclic amines) is 1. The number of hydrogen-bond donors (Lipinski definition) is 1. The number of carbonyl (C=O) groups is 2. The standard InChI is InChI=1S/C13H24N2O4/c1-5-14-11(16)18-10-6-8-15(9-7-10)12(17)19-13(2,3)4/h10H,5-9H2,1-4H3,(H,14,16). The smallest absolute Gasteiger partial charge is 0.410 e. The fraction of sp³-hybridized carbons (Fsp3) is 0.846. The molecule has 1 saturated heterocycles. The van der Waals surface area contributed by atoms with E-state index in [9.17, 15) is 9.59 Å². The highest BCUT2D eigenvalue weighted by molar-refractivity contribution is 5.68. The Hall–Kier alpha value is -1.46. The summed E-state index contributed by atoms with van der Waals surface area (Å²) in [5, 5.41) is 2.59. The number of piperidine rings is 1. The maximum Gasteiger partial charge on any atom is 0.410 e. The van der Waals surface area contributed by atoms with Gasteiger partial charge < -0.3 is 19.7 Å². The fourth-order valence-electron chi connectivity index (χ4n) is 1.82. The molecule has 1 heterocycles. The number of rotatable bonds is 2. The van der Waals surface area contributed by atoms with E-state index in [2.05, 4.69) is 5.32 Å². The molecule has 1 aliphatic heterocycles. The molecule has 6 heteroatoms. The molecule has 0 atom stereocenters. The largest absolute Gasteiger partial charge is 0.446 e. The van der Waals surface area contributed by atoms with Crippen LogP contribution in [0.3, 0.4) is 0 Å². The Balaban J connectivity index is 2.32. The summed E-state index contributed by atoms with van der Waals surface area (Å²) in [5.74, 6) is 0. The first-order chi connectivity index (χ1) is 8.81. The molecule has 0 aliphatic carbocycles. The molecule has 110 valence electrons. The van der Waals surface area contributed by atoms with Gasteiger partial charge in [0.1, 0.15) is 11.7 Å². The van der Waals surface area contributed by atoms with E-state index in [1.807, 2.05) is 27.7 Å². The first kappa shape index (κ1) is 15.6. The summed E-state index contributed by atoms with van der Waals surface area (Å²) in [5.41, 5.74) is -0.481. The van der Waals surface area contributed by atoms with Gasteiger partial charge in [-0.3, -0.25) is 0 Å². The maximum atomic E-state index is 11.8. The van der Waals surface area contributed by atoms with Crippen molar-refractivity contribution in [2.45, 2.75) is 52.2 Å². The highest BCUT2D eigenvalue weighted by atomic mass is 16.6. The van der Waals surface area contributed by atoms with Crippen LogP contribution in [0.2, 0.25) is 0 Å². The highest BCUT2D eigenvalue weighted by Crippen LogP contribution is 2.17. The van der Waals surface area contributed by atoms with Gasteiger partial charge in [0.15, 0.2) is 0 Å². The second-order valence-corrected chi connectivity index (χ2v) is 5.60. The zero-order valence-electron chi connectivity index (χ0n) is 12.2. The number of alkyl carbamates (subject to hydrolysis) is 1. The topological polar surface area (TPSA) is 67.9 Å². The molecular weight excluding hydrogens is 248 g/mol. The summed E-state index contributed by atoms with van der Waals surface area (Å²) < 4.78 is 10.5. The van der Waals surface area contributed by atoms with Crippen LogP contribution < -0.4 is 5.32 Å². The van der Waals surface area contributed by atoms with Crippen molar-refractivity contribution in [3.8, 4) is 0 Å². The minimum absolute atomic E-state index is 0.120. The van der Waals surface area contributed by atoms with Crippen LogP contribution >= 0.6 is 0 Å². The summed E-state index contributed by atoms with van der Waals surface area (Å²) in [6, 6.07) is 0. The van der Waals surface area contributed by atoms with Gasteiger partial charge in [0, 0.05) is 32.5 Å². The molecule has 0 unspecified atom stereocenters. The zero-order valence-corrected chi connectivity index (χ0v) is 12.2. The average molecular weight is 272 g/mol. The van der Waals surface area contributed by atoms with Gasteiger partial charge in [0.05, 0.1) is 0 Å². The van der Waals surface area contributed by atoms with Crippen molar-refractivity contribution >= 4 is 12.2 Å². The summed E-state index contributed by atoms with van der Waals surface area (Å²) in [6.45, 7) is 9.03. The second kappa shape index (κ2) is 6.63. The van der Waals surface area contributed by atoms with Gasteiger partial charge in [-0.25, -0.2) is 9.59 Å². The molecule has 0 aromatic rings. The van der Waals surface area contributed by atoms with Crippen molar-refractivity contribution in [2.24, 2.45) is 0 Å². The molecule has 1 fully saturated rings. The van der Waals surface area contributed by atoms with Gasteiger partial charge in [-0.05, 0) is 27.7 Å². The number of nitrogens with zero attached hydrogens (tertiary/aromatic N) is 1. The molecule has 1 aliphatic rings. The van der Waals surface area contributed by atoms with Crippen LogP contribution in [0.4, 0.5) is 9.59 Å². The minimum Gasteiger partial charge on any atom is -0.446 e. The van der Waals surface area contributed by atoms with Crippen molar-refractivity contribution in [2.75, 3.05) is 19.6 Å². The van der Waals surface area contributed by atoms with E-state index >= 15 is 0 Å². The Morgan fingerprint density at radius 1 is 1.26 bits per heavy atom. The van der Waals surface area contributed by atoms with E-state index in [0.717, 1.165) is 0 Å². The van der Waals surface area contributed by atoms with Crippen molar-refractivity contribution in [1.29, 1.82) is 0 Å². The van der Waals surface area contributed by atoms with E-state index in [4.69, 9.17) is 9.47 Å². The molecule has 0 spiro atoms. The number of amides is 2. The Kier molecular flexibility index (Phi) is 5.44. The van der Waals surface area contributed by atoms with Crippen LogP contribution in [0.5, 0.6) is 0 Å². The van der Waals surface area contributed by atoms with Crippen LogP contribution in [-0.2, 0) is 9.47 Å². The zero-order chi connectivity index (χ0) is 14.5. The predicted octanol–water partition coefficient (Wildman–Crippen LogP) is 2.13. The van der Waals surface area contributed by atoms with Crippen LogP contribution in [0.25, 0.3) is 0 Å². The summed E-state index contributed by atoms with van der Waals surface area (Å²) in [4.78, 5) is 24.8. The Bertz CT molecular complexity index is 317. The Morgan fingerprint density at radius 2 is 1.84 bits per heavy atom. The fourth-order valence-corrected chi connectivity index (χ4v) is 1.82. The van der Waals surface area contributed by atoms with Gasteiger partial charge in [-0.2, -0.15) is 0 Å². The molecule has 19 heavy (non-hydrogen) atoms. The maximum absolute atomic E-state index is 11.8. The Morgan fingerprint density at radius 3 is 2.32 bits per heavy atom.